The third-order valence-corrected chi connectivity index (χ3v) is 4.60. The van der Waals surface area contributed by atoms with E-state index in [9.17, 15) is 9.59 Å². The highest BCUT2D eigenvalue weighted by Crippen LogP contribution is 2.32. The fourth-order valence-electron chi connectivity index (χ4n) is 3.23. The number of rotatable bonds is 4. The van der Waals surface area contributed by atoms with Gasteiger partial charge in [-0.2, -0.15) is 5.11 Å². The number of likely N-dealkylation sites (N-methyl/N-ethyl adjacent to an activating group) is 1. The molecule has 1 aliphatic heterocycles. The molecule has 6 nitrogen and oxygen atoms in total. The van der Waals surface area contributed by atoms with E-state index in [2.05, 4.69) is 40.8 Å². The second-order valence-corrected chi connectivity index (χ2v) is 7.45. The van der Waals surface area contributed by atoms with E-state index in [1.54, 1.807) is 31.3 Å². The first kappa shape index (κ1) is 19.5. The smallest absolute Gasteiger partial charge is 0.273 e. The highest BCUT2D eigenvalue weighted by atomic mass is 16.2. The second-order valence-electron chi connectivity index (χ2n) is 7.45. The van der Waals surface area contributed by atoms with E-state index in [1.165, 1.54) is 6.92 Å². The second kappa shape index (κ2) is 7.76. The van der Waals surface area contributed by atoms with Gasteiger partial charge in [0.05, 0.1) is 11.4 Å². The van der Waals surface area contributed by atoms with Crippen molar-refractivity contribution < 1.29 is 9.59 Å². The summed E-state index contributed by atoms with van der Waals surface area (Å²) in [5, 5.41) is 14.6. The number of carbonyl (C=O) groups excluding carboxylic acids is 2. The van der Waals surface area contributed by atoms with Gasteiger partial charge in [0.15, 0.2) is 11.5 Å². The van der Waals surface area contributed by atoms with Crippen molar-refractivity contribution in [3.8, 4) is 0 Å². The van der Waals surface area contributed by atoms with Gasteiger partial charge in [0.25, 0.3) is 5.91 Å². The lowest BCUT2D eigenvalue weighted by Crippen LogP contribution is -2.44. The number of nitrogens with one attached hydrogen (secondary N) is 2. The van der Waals surface area contributed by atoms with Crippen molar-refractivity contribution in [1.29, 1.82) is 0 Å². The molecular formula is C22H24N4O2. The maximum Gasteiger partial charge on any atom is 0.273 e. The monoisotopic (exact) mass is 376 g/mol. The lowest BCUT2D eigenvalue weighted by Gasteiger charge is -2.36. The van der Waals surface area contributed by atoms with E-state index >= 15 is 0 Å². The molecule has 0 bridgehead atoms. The van der Waals surface area contributed by atoms with Crippen LogP contribution < -0.4 is 10.6 Å². The number of fused-ring (bicyclic) bond motifs is 1. The van der Waals surface area contributed by atoms with Crippen molar-refractivity contribution in [1.82, 2.24) is 10.6 Å². The predicted molar refractivity (Wildman–Crippen MR) is 109 cm³/mol. The number of hydrogen-bond donors (Lipinski definition) is 2. The molecule has 2 aromatic carbocycles. The van der Waals surface area contributed by atoms with Crippen LogP contribution in [0, 0.1) is 0 Å². The summed E-state index contributed by atoms with van der Waals surface area (Å²) < 4.78 is 0. The minimum atomic E-state index is -0.320. The van der Waals surface area contributed by atoms with Crippen LogP contribution in [-0.4, -0.2) is 24.3 Å². The number of carbonyl (C=O) groups is 2. The number of amides is 1. The molecule has 1 heterocycles. The van der Waals surface area contributed by atoms with Crippen molar-refractivity contribution >= 4 is 23.1 Å². The van der Waals surface area contributed by atoms with E-state index in [0.717, 1.165) is 17.5 Å². The van der Waals surface area contributed by atoms with Gasteiger partial charge in [-0.05, 0) is 57.0 Å². The van der Waals surface area contributed by atoms with Gasteiger partial charge in [0, 0.05) is 23.7 Å². The minimum Gasteiger partial charge on any atom is -0.377 e. The van der Waals surface area contributed by atoms with Gasteiger partial charge in [-0.3, -0.25) is 9.59 Å². The van der Waals surface area contributed by atoms with Crippen LogP contribution in [-0.2, 0) is 11.2 Å². The maximum absolute atomic E-state index is 12.6. The molecule has 0 saturated heterocycles. The third-order valence-electron chi connectivity index (χ3n) is 4.60. The largest absolute Gasteiger partial charge is 0.377 e. The Balaban J connectivity index is 2.07. The zero-order chi connectivity index (χ0) is 20.3. The Bertz CT molecular complexity index is 972. The number of Topliss-reactive ketones (excluding diaryl/α,β-unsaturated/α-hetero) is 1. The molecule has 2 aromatic rings. The van der Waals surface area contributed by atoms with Crippen LogP contribution in [0.5, 0.6) is 0 Å². The molecule has 0 fully saturated rings. The summed E-state index contributed by atoms with van der Waals surface area (Å²) in [6.45, 7) is 5.68. The van der Waals surface area contributed by atoms with Crippen molar-refractivity contribution in [3.05, 3.63) is 70.9 Å². The van der Waals surface area contributed by atoms with Crippen LogP contribution in [0.15, 0.2) is 64.5 Å². The minimum absolute atomic E-state index is 0.0121. The Hall–Kier alpha value is -3.28. The Kier molecular flexibility index (Phi) is 5.40. The van der Waals surface area contributed by atoms with Gasteiger partial charge < -0.3 is 10.6 Å². The van der Waals surface area contributed by atoms with E-state index in [1.807, 2.05) is 18.2 Å². The molecule has 6 heteroatoms. The van der Waals surface area contributed by atoms with Crippen LogP contribution >= 0.6 is 0 Å². The van der Waals surface area contributed by atoms with Crippen LogP contribution in [0.4, 0.5) is 5.69 Å². The first-order valence-corrected chi connectivity index (χ1v) is 9.16. The summed E-state index contributed by atoms with van der Waals surface area (Å²) in [6, 6.07) is 14.8. The average molecular weight is 376 g/mol. The zero-order valence-electron chi connectivity index (χ0n) is 16.5. The summed E-state index contributed by atoms with van der Waals surface area (Å²) in [4.78, 5) is 24.0. The number of azo groups is 1. The Labute approximate surface area is 164 Å². The first-order valence-electron chi connectivity index (χ1n) is 9.16. The molecule has 0 unspecified atom stereocenters. The molecule has 0 spiro atoms. The summed E-state index contributed by atoms with van der Waals surface area (Å²) in [7, 11) is 1.57. The van der Waals surface area contributed by atoms with E-state index in [0.29, 0.717) is 16.9 Å². The topological polar surface area (TPSA) is 82.9 Å². The molecule has 0 saturated carbocycles. The van der Waals surface area contributed by atoms with Crippen molar-refractivity contribution in [3.63, 3.8) is 0 Å². The van der Waals surface area contributed by atoms with Crippen LogP contribution in [0.2, 0.25) is 0 Å². The molecule has 144 valence electrons. The number of benzene rings is 2. The lowest BCUT2D eigenvalue weighted by atomic mass is 9.85. The lowest BCUT2D eigenvalue weighted by molar-refractivity contribution is -0.117. The summed E-state index contributed by atoms with van der Waals surface area (Å²) in [6.07, 6.45) is 0.845. The highest BCUT2D eigenvalue weighted by Gasteiger charge is 2.30. The highest BCUT2D eigenvalue weighted by molar-refractivity contribution is 6.01. The Morgan fingerprint density at radius 3 is 2.39 bits per heavy atom. The van der Waals surface area contributed by atoms with Gasteiger partial charge in [-0.15, -0.1) is 5.11 Å². The van der Waals surface area contributed by atoms with Gasteiger partial charge >= 0.3 is 0 Å². The summed E-state index contributed by atoms with van der Waals surface area (Å²) in [5.41, 5.74) is 3.94. The SMILES string of the molecule is CNC(=O)C(/N=N/c1ccc(C(C)=O)cc1)=C1/NC(C)(C)Cc2ccccc21. The van der Waals surface area contributed by atoms with Crippen LogP contribution in [0.3, 0.4) is 0 Å². The molecule has 0 aliphatic carbocycles. The molecular weight excluding hydrogens is 352 g/mol. The maximum atomic E-state index is 12.6. The summed E-state index contributed by atoms with van der Waals surface area (Å²) >= 11 is 0. The average Bonchev–Trinajstić information content (AvgIpc) is 2.67. The molecule has 0 aromatic heterocycles. The molecule has 2 N–H and O–H groups in total. The molecule has 28 heavy (non-hydrogen) atoms. The third kappa shape index (κ3) is 4.17. The molecule has 1 amide bonds. The van der Waals surface area contributed by atoms with Crippen molar-refractivity contribution in [2.45, 2.75) is 32.7 Å². The van der Waals surface area contributed by atoms with E-state index < -0.39 is 0 Å². The van der Waals surface area contributed by atoms with Crippen molar-refractivity contribution in [2.75, 3.05) is 7.05 Å². The Morgan fingerprint density at radius 1 is 1.07 bits per heavy atom. The number of nitrogens with zero attached hydrogens (tertiary/aromatic N) is 2. The zero-order valence-corrected chi connectivity index (χ0v) is 16.5. The van der Waals surface area contributed by atoms with Gasteiger partial charge in [-0.1, -0.05) is 24.3 Å². The van der Waals surface area contributed by atoms with Crippen LogP contribution in [0.1, 0.15) is 42.3 Å². The van der Waals surface area contributed by atoms with E-state index in [4.69, 9.17) is 0 Å². The Morgan fingerprint density at radius 2 is 1.75 bits per heavy atom. The molecule has 0 radical (unpaired) electrons. The molecule has 3 rings (SSSR count). The normalized spacial score (nSPS) is 16.9. The fourth-order valence-corrected chi connectivity index (χ4v) is 3.23. The quantitative estimate of drug-likeness (QED) is 0.480. The first-order chi connectivity index (χ1) is 13.3. The van der Waals surface area contributed by atoms with Gasteiger partial charge in [-0.25, -0.2) is 0 Å². The standard InChI is InChI=1S/C22H24N4O2/c1-14(27)15-9-11-17(12-10-15)25-26-20(21(28)23-4)19-18-8-6-5-7-16(18)13-22(2,3)24-19/h5-12,24H,13H2,1-4H3,(H,23,28)/b20-19-,26-25+. The van der Waals surface area contributed by atoms with Crippen LogP contribution in [0.25, 0.3) is 5.70 Å². The van der Waals surface area contributed by atoms with E-state index in [-0.39, 0.29) is 22.9 Å². The number of ketones is 1. The van der Waals surface area contributed by atoms with Crippen molar-refractivity contribution in [2.24, 2.45) is 10.2 Å². The van der Waals surface area contributed by atoms with Gasteiger partial charge in [0.1, 0.15) is 0 Å². The molecule has 1 aliphatic rings. The fraction of sp³-hybridized carbons (Fsp3) is 0.273. The molecule has 0 atom stereocenters. The van der Waals surface area contributed by atoms with Gasteiger partial charge in [0.2, 0.25) is 0 Å². The summed E-state index contributed by atoms with van der Waals surface area (Å²) in [5.74, 6) is -0.332. The predicted octanol–water partition coefficient (Wildman–Crippen LogP) is 4.01. The number of hydrogen-bond acceptors (Lipinski definition) is 5.